The summed E-state index contributed by atoms with van der Waals surface area (Å²) < 4.78 is 5.54. The smallest absolute Gasteiger partial charge is 0.319 e. The molecule has 1 aliphatic heterocycles. The maximum absolute atomic E-state index is 12.3. The monoisotopic (exact) mass is 334 g/mol. The van der Waals surface area contributed by atoms with Gasteiger partial charge in [0.2, 0.25) is 5.91 Å². The molecule has 0 saturated carbocycles. The molecule has 0 spiro atoms. The highest BCUT2D eigenvalue weighted by atomic mass is 16.5. The van der Waals surface area contributed by atoms with Crippen LogP contribution in [0.2, 0.25) is 0 Å². The molecular formula is C17H26N4O3. The van der Waals surface area contributed by atoms with E-state index in [1.807, 2.05) is 12.1 Å². The van der Waals surface area contributed by atoms with E-state index >= 15 is 0 Å². The van der Waals surface area contributed by atoms with Crippen molar-refractivity contribution in [3.05, 3.63) is 24.5 Å². The van der Waals surface area contributed by atoms with Crippen molar-refractivity contribution < 1.29 is 14.3 Å². The van der Waals surface area contributed by atoms with Crippen LogP contribution in [0.5, 0.6) is 5.75 Å². The summed E-state index contributed by atoms with van der Waals surface area (Å²) in [6, 6.07) is 3.64. The fraction of sp³-hybridized carbons (Fsp3) is 0.588. The molecule has 1 aliphatic rings. The van der Waals surface area contributed by atoms with E-state index in [9.17, 15) is 9.59 Å². The number of pyridine rings is 1. The van der Waals surface area contributed by atoms with Gasteiger partial charge in [0, 0.05) is 39.9 Å². The van der Waals surface area contributed by atoms with Crippen molar-refractivity contribution in [3.63, 3.8) is 0 Å². The number of hydrogen-bond donors (Lipinski definition) is 1. The Labute approximate surface area is 143 Å². The van der Waals surface area contributed by atoms with Crippen molar-refractivity contribution in [2.45, 2.75) is 19.3 Å². The van der Waals surface area contributed by atoms with Gasteiger partial charge in [0.25, 0.3) is 0 Å². The van der Waals surface area contributed by atoms with E-state index in [2.05, 4.69) is 10.3 Å². The van der Waals surface area contributed by atoms with Crippen molar-refractivity contribution >= 4 is 11.9 Å². The Balaban J connectivity index is 1.65. The van der Waals surface area contributed by atoms with Crippen LogP contribution in [0.15, 0.2) is 24.5 Å². The Morgan fingerprint density at radius 3 is 3.00 bits per heavy atom. The zero-order chi connectivity index (χ0) is 17.4. The van der Waals surface area contributed by atoms with Gasteiger partial charge in [-0.1, -0.05) is 0 Å². The molecule has 1 atom stereocenters. The number of urea groups is 1. The predicted molar refractivity (Wildman–Crippen MR) is 90.7 cm³/mol. The molecule has 0 aliphatic carbocycles. The Morgan fingerprint density at radius 2 is 2.29 bits per heavy atom. The van der Waals surface area contributed by atoms with E-state index in [1.165, 1.54) is 0 Å². The Bertz CT molecular complexity index is 536. The lowest BCUT2D eigenvalue weighted by Crippen LogP contribution is -2.48. The van der Waals surface area contributed by atoms with Crippen LogP contribution in [0, 0.1) is 5.92 Å². The van der Waals surface area contributed by atoms with Gasteiger partial charge >= 0.3 is 6.03 Å². The lowest BCUT2D eigenvalue weighted by molar-refractivity contribution is -0.126. The number of carbonyl (C=O) groups excluding carboxylic acids is 2. The third-order valence-corrected chi connectivity index (χ3v) is 3.97. The van der Waals surface area contributed by atoms with Gasteiger partial charge in [-0.3, -0.25) is 9.78 Å². The molecule has 132 valence electrons. The van der Waals surface area contributed by atoms with Crippen molar-refractivity contribution in [1.82, 2.24) is 20.1 Å². The number of nitrogens with one attached hydrogen (secondary N) is 1. The summed E-state index contributed by atoms with van der Waals surface area (Å²) in [5.74, 6) is 0.628. The van der Waals surface area contributed by atoms with Gasteiger partial charge in [-0.15, -0.1) is 0 Å². The number of ether oxygens (including phenoxy) is 1. The van der Waals surface area contributed by atoms with Crippen LogP contribution in [0.25, 0.3) is 0 Å². The third-order valence-electron chi connectivity index (χ3n) is 3.97. The molecule has 7 heteroatoms. The topological polar surface area (TPSA) is 74.8 Å². The van der Waals surface area contributed by atoms with E-state index in [4.69, 9.17) is 4.74 Å². The molecule has 1 N–H and O–H groups in total. The number of piperidine rings is 1. The summed E-state index contributed by atoms with van der Waals surface area (Å²) >= 11 is 0. The van der Waals surface area contributed by atoms with E-state index in [0.717, 1.165) is 31.6 Å². The van der Waals surface area contributed by atoms with Crippen LogP contribution in [0.1, 0.15) is 19.3 Å². The number of hydrogen-bond acceptors (Lipinski definition) is 4. The zero-order valence-corrected chi connectivity index (χ0v) is 14.4. The standard InChI is InChI=1S/C17H26N4O3/c1-20(2)17(23)21-10-4-6-14(13-21)16(22)19-9-5-11-24-15-7-3-8-18-12-15/h3,7-8,12,14H,4-6,9-11,13H2,1-2H3,(H,19,22)/t14-/m0/s1. The SMILES string of the molecule is CN(C)C(=O)N1CCC[C@H](C(=O)NCCCOc2cccnc2)C1. The maximum Gasteiger partial charge on any atom is 0.319 e. The Morgan fingerprint density at radius 1 is 1.46 bits per heavy atom. The highest BCUT2D eigenvalue weighted by Gasteiger charge is 2.28. The van der Waals surface area contributed by atoms with Gasteiger partial charge in [-0.05, 0) is 31.4 Å². The van der Waals surface area contributed by atoms with Crippen LogP contribution >= 0.6 is 0 Å². The molecule has 1 aromatic heterocycles. The second kappa shape index (κ2) is 9.10. The fourth-order valence-electron chi connectivity index (χ4n) is 2.70. The third kappa shape index (κ3) is 5.40. The second-order valence-corrected chi connectivity index (χ2v) is 6.14. The van der Waals surface area contributed by atoms with Crippen LogP contribution in [0.4, 0.5) is 4.79 Å². The molecule has 0 unspecified atom stereocenters. The van der Waals surface area contributed by atoms with Gasteiger partial charge in [0.05, 0.1) is 18.7 Å². The molecule has 24 heavy (non-hydrogen) atoms. The van der Waals surface area contributed by atoms with Gasteiger partial charge < -0.3 is 19.9 Å². The number of aromatic nitrogens is 1. The highest BCUT2D eigenvalue weighted by Crippen LogP contribution is 2.17. The number of amides is 3. The van der Waals surface area contributed by atoms with E-state index in [-0.39, 0.29) is 17.9 Å². The van der Waals surface area contributed by atoms with Crippen LogP contribution < -0.4 is 10.1 Å². The van der Waals surface area contributed by atoms with E-state index in [0.29, 0.717) is 19.7 Å². The van der Waals surface area contributed by atoms with Gasteiger partial charge in [-0.2, -0.15) is 0 Å². The number of likely N-dealkylation sites (tertiary alicyclic amines) is 1. The van der Waals surface area contributed by atoms with Crippen molar-refractivity contribution in [2.75, 3.05) is 40.3 Å². The quantitative estimate of drug-likeness (QED) is 0.797. The highest BCUT2D eigenvalue weighted by molar-refractivity contribution is 5.80. The van der Waals surface area contributed by atoms with Crippen LogP contribution in [-0.4, -0.2) is 67.1 Å². The average Bonchev–Trinajstić information content (AvgIpc) is 2.61. The summed E-state index contributed by atoms with van der Waals surface area (Å²) in [5.41, 5.74) is 0. The summed E-state index contributed by atoms with van der Waals surface area (Å²) in [6.07, 6.45) is 5.78. The molecule has 2 heterocycles. The lowest BCUT2D eigenvalue weighted by Gasteiger charge is -2.33. The van der Waals surface area contributed by atoms with Crippen molar-refractivity contribution in [3.8, 4) is 5.75 Å². The molecule has 1 fully saturated rings. The molecule has 0 radical (unpaired) electrons. The molecule has 3 amide bonds. The number of rotatable bonds is 6. The summed E-state index contributed by atoms with van der Waals surface area (Å²) in [6.45, 7) is 2.31. The normalized spacial score (nSPS) is 17.2. The first-order chi connectivity index (χ1) is 11.6. The first-order valence-electron chi connectivity index (χ1n) is 8.34. The van der Waals surface area contributed by atoms with Crippen molar-refractivity contribution in [1.29, 1.82) is 0 Å². The lowest BCUT2D eigenvalue weighted by atomic mass is 9.97. The van der Waals surface area contributed by atoms with E-state index in [1.54, 1.807) is 36.3 Å². The Hall–Kier alpha value is -2.31. The zero-order valence-electron chi connectivity index (χ0n) is 14.4. The van der Waals surface area contributed by atoms with Gasteiger partial charge in [0.15, 0.2) is 0 Å². The summed E-state index contributed by atoms with van der Waals surface area (Å²) in [7, 11) is 3.46. The minimum atomic E-state index is -0.123. The molecule has 1 aromatic rings. The molecule has 0 aromatic carbocycles. The molecule has 7 nitrogen and oxygen atoms in total. The largest absolute Gasteiger partial charge is 0.492 e. The summed E-state index contributed by atoms with van der Waals surface area (Å²) in [4.78, 5) is 31.5. The van der Waals surface area contributed by atoms with E-state index < -0.39 is 0 Å². The minimum Gasteiger partial charge on any atom is -0.492 e. The maximum atomic E-state index is 12.3. The Kier molecular flexibility index (Phi) is 6.84. The first-order valence-corrected chi connectivity index (χ1v) is 8.34. The second-order valence-electron chi connectivity index (χ2n) is 6.14. The van der Waals surface area contributed by atoms with Gasteiger partial charge in [0.1, 0.15) is 5.75 Å². The molecule has 1 saturated heterocycles. The molecule has 2 rings (SSSR count). The minimum absolute atomic E-state index is 0.0210. The first kappa shape index (κ1) is 18.0. The van der Waals surface area contributed by atoms with Crippen LogP contribution in [0.3, 0.4) is 0 Å². The van der Waals surface area contributed by atoms with Crippen LogP contribution in [-0.2, 0) is 4.79 Å². The van der Waals surface area contributed by atoms with Crippen molar-refractivity contribution in [2.24, 2.45) is 5.92 Å². The molecule has 0 bridgehead atoms. The number of nitrogens with zero attached hydrogens (tertiary/aromatic N) is 3. The summed E-state index contributed by atoms with van der Waals surface area (Å²) in [5, 5.41) is 2.94. The molecular weight excluding hydrogens is 308 g/mol. The number of carbonyl (C=O) groups is 2. The fourth-order valence-corrected chi connectivity index (χ4v) is 2.70. The predicted octanol–water partition coefficient (Wildman–Crippen LogP) is 1.36. The average molecular weight is 334 g/mol. The van der Waals surface area contributed by atoms with Gasteiger partial charge in [-0.25, -0.2) is 4.79 Å².